The van der Waals surface area contributed by atoms with Crippen molar-refractivity contribution in [1.29, 1.82) is 0 Å². The standard InChI is InChI=1S/C20H19N3O4/c21-20(10-24)6-5-12-1-2-13(7-15(12)9-20)18-22-23-19(27-18)14-3-4-16-17(8-14)26-11-25-16/h1-4,7-8,24H,5-6,9-11,21H2/t20-/m0/s1. The van der Waals surface area contributed by atoms with Crippen LogP contribution >= 0.6 is 0 Å². The molecule has 0 radical (unpaired) electrons. The predicted octanol–water partition coefficient (Wildman–Crippen LogP) is 2.31. The van der Waals surface area contributed by atoms with E-state index < -0.39 is 5.54 Å². The third-order valence-corrected chi connectivity index (χ3v) is 5.25. The summed E-state index contributed by atoms with van der Waals surface area (Å²) in [6, 6.07) is 11.6. The molecule has 3 N–H and O–H groups in total. The summed E-state index contributed by atoms with van der Waals surface area (Å²) in [4.78, 5) is 0. The van der Waals surface area contributed by atoms with Gasteiger partial charge in [-0.15, -0.1) is 10.2 Å². The zero-order chi connectivity index (χ0) is 18.4. The Labute approximate surface area is 155 Å². The average Bonchev–Trinajstić information content (AvgIpc) is 3.36. The first-order valence-corrected chi connectivity index (χ1v) is 8.89. The van der Waals surface area contributed by atoms with Crippen molar-refractivity contribution in [2.45, 2.75) is 24.8 Å². The summed E-state index contributed by atoms with van der Waals surface area (Å²) in [6.07, 6.45) is 2.28. The first-order valence-electron chi connectivity index (χ1n) is 8.89. The van der Waals surface area contributed by atoms with Crippen LogP contribution in [0.15, 0.2) is 40.8 Å². The lowest BCUT2D eigenvalue weighted by Crippen LogP contribution is -2.48. The highest BCUT2D eigenvalue weighted by Gasteiger charge is 2.30. The van der Waals surface area contributed by atoms with E-state index in [1.165, 1.54) is 5.56 Å². The number of nitrogens with zero attached hydrogens (tertiary/aromatic N) is 2. The van der Waals surface area contributed by atoms with Gasteiger partial charge in [-0.2, -0.15) is 0 Å². The van der Waals surface area contributed by atoms with Crippen LogP contribution in [-0.4, -0.2) is 34.2 Å². The Morgan fingerprint density at radius 1 is 0.963 bits per heavy atom. The van der Waals surface area contributed by atoms with Gasteiger partial charge in [-0.3, -0.25) is 0 Å². The summed E-state index contributed by atoms with van der Waals surface area (Å²) in [5.41, 5.74) is 9.70. The molecule has 3 aromatic rings. The van der Waals surface area contributed by atoms with E-state index >= 15 is 0 Å². The molecule has 0 spiro atoms. The highest BCUT2D eigenvalue weighted by molar-refractivity contribution is 5.63. The maximum absolute atomic E-state index is 9.57. The smallest absolute Gasteiger partial charge is 0.248 e. The number of fused-ring (bicyclic) bond motifs is 2. The van der Waals surface area contributed by atoms with Crippen molar-refractivity contribution >= 4 is 0 Å². The van der Waals surface area contributed by atoms with Crippen molar-refractivity contribution in [3.8, 4) is 34.4 Å². The third-order valence-electron chi connectivity index (χ3n) is 5.25. The molecule has 2 aromatic carbocycles. The van der Waals surface area contributed by atoms with Crippen LogP contribution in [0.4, 0.5) is 0 Å². The fourth-order valence-electron chi connectivity index (χ4n) is 3.64. The second-order valence-corrected chi connectivity index (χ2v) is 7.16. The normalized spacial score (nSPS) is 20.5. The summed E-state index contributed by atoms with van der Waals surface area (Å²) in [5.74, 6) is 2.25. The minimum Gasteiger partial charge on any atom is -0.454 e. The molecule has 138 valence electrons. The largest absolute Gasteiger partial charge is 0.454 e. The Kier molecular flexibility index (Phi) is 3.66. The second-order valence-electron chi connectivity index (χ2n) is 7.16. The van der Waals surface area contributed by atoms with Crippen molar-refractivity contribution in [2.24, 2.45) is 5.73 Å². The van der Waals surface area contributed by atoms with Crippen LogP contribution in [0.5, 0.6) is 11.5 Å². The van der Waals surface area contributed by atoms with Crippen LogP contribution in [0.25, 0.3) is 22.9 Å². The second kappa shape index (κ2) is 6.07. The highest BCUT2D eigenvalue weighted by Crippen LogP contribution is 2.36. The molecule has 1 aliphatic heterocycles. The first kappa shape index (κ1) is 16.3. The fraction of sp³-hybridized carbons (Fsp3) is 0.300. The Hall–Kier alpha value is -2.90. The first-order chi connectivity index (χ1) is 13.1. The quantitative estimate of drug-likeness (QED) is 0.734. The van der Waals surface area contributed by atoms with Gasteiger partial charge < -0.3 is 24.7 Å². The molecular formula is C20H19N3O4. The third kappa shape index (κ3) is 2.85. The van der Waals surface area contributed by atoms with Gasteiger partial charge in [0.15, 0.2) is 11.5 Å². The maximum atomic E-state index is 9.57. The minimum absolute atomic E-state index is 0.0223. The monoisotopic (exact) mass is 365 g/mol. The maximum Gasteiger partial charge on any atom is 0.248 e. The van der Waals surface area contributed by atoms with Crippen LogP contribution in [-0.2, 0) is 12.8 Å². The number of nitrogens with two attached hydrogens (primary N) is 1. The van der Waals surface area contributed by atoms with E-state index in [1.54, 1.807) is 0 Å². The van der Waals surface area contributed by atoms with E-state index in [9.17, 15) is 5.11 Å². The number of benzene rings is 2. The summed E-state index contributed by atoms with van der Waals surface area (Å²) in [7, 11) is 0. The van der Waals surface area contributed by atoms with E-state index in [2.05, 4.69) is 16.3 Å². The van der Waals surface area contributed by atoms with Crippen molar-refractivity contribution in [2.75, 3.05) is 13.4 Å². The lowest BCUT2D eigenvalue weighted by molar-refractivity contribution is 0.174. The number of aromatic nitrogens is 2. The molecule has 2 heterocycles. The van der Waals surface area contributed by atoms with Gasteiger partial charge in [0.25, 0.3) is 0 Å². The lowest BCUT2D eigenvalue weighted by Gasteiger charge is -2.33. The Balaban J connectivity index is 1.46. The van der Waals surface area contributed by atoms with Gasteiger partial charge in [-0.1, -0.05) is 6.07 Å². The number of aliphatic hydroxyl groups is 1. The Bertz CT molecular complexity index is 1020. The van der Waals surface area contributed by atoms with E-state index in [-0.39, 0.29) is 13.4 Å². The topological polar surface area (TPSA) is 104 Å². The zero-order valence-electron chi connectivity index (χ0n) is 14.6. The number of hydrogen-bond donors (Lipinski definition) is 2. The molecule has 0 fully saturated rings. The molecule has 27 heavy (non-hydrogen) atoms. The summed E-state index contributed by atoms with van der Waals surface area (Å²) in [6.45, 7) is 0.199. The lowest BCUT2D eigenvalue weighted by atomic mass is 9.78. The Morgan fingerprint density at radius 3 is 2.52 bits per heavy atom. The fourth-order valence-corrected chi connectivity index (χ4v) is 3.64. The molecule has 1 aliphatic carbocycles. The van der Waals surface area contributed by atoms with Gasteiger partial charge in [0.05, 0.1) is 6.61 Å². The van der Waals surface area contributed by atoms with E-state index in [1.807, 2.05) is 30.3 Å². The predicted molar refractivity (Wildman–Crippen MR) is 97.3 cm³/mol. The van der Waals surface area contributed by atoms with Crippen molar-refractivity contribution in [3.05, 3.63) is 47.5 Å². The van der Waals surface area contributed by atoms with Crippen molar-refractivity contribution < 1.29 is 19.0 Å². The van der Waals surface area contributed by atoms with Gasteiger partial charge in [0.2, 0.25) is 18.6 Å². The molecule has 2 aliphatic rings. The SMILES string of the molecule is N[C@@]1(CO)CCc2ccc(-c3nnc(-c4ccc5c(c4)OCO5)o3)cc2C1. The van der Waals surface area contributed by atoms with Crippen LogP contribution in [0.2, 0.25) is 0 Å². The van der Waals surface area contributed by atoms with Crippen LogP contribution in [0.3, 0.4) is 0 Å². The van der Waals surface area contributed by atoms with Crippen molar-refractivity contribution in [1.82, 2.24) is 10.2 Å². The number of hydrogen-bond acceptors (Lipinski definition) is 7. The molecule has 0 saturated carbocycles. The van der Waals surface area contributed by atoms with Crippen LogP contribution in [0.1, 0.15) is 17.5 Å². The van der Waals surface area contributed by atoms with Crippen LogP contribution in [0, 0.1) is 0 Å². The number of ether oxygens (including phenoxy) is 2. The highest BCUT2D eigenvalue weighted by atomic mass is 16.7. The summed E-state index contributed by atoms with van der Waals surface area (Å²) < 4.78 is 16.6. The van der Waals surface area contributed by atoms with Gasteiger partial charge in [0, 0.05) is 16.7 Å². The Morgan fingerprint density at radius 2 is 1.70 bits per heavy atom. The summed E-state index contributed by atoms with van der Waals surface area (Å²) >= 11 is 0. The average molecular weight is 365 g/mol. The molecule has 7 nitrogen and oxygen atoms in total. The van der Waals surface area contributed by atoms with E-state index in [4.69, 9.17) is 19.6 Å². The van der Waals surface area contributed by atoms with Gasteiger partial charge in [-0.25, -0.2) is 0 Å². The molecular weight excluding hydrogens is 346 g/mol. The van der Waals surface area contributed by atoms with Gasteiger partial charge in [0.1, 0.15) is 0 Å². The van der Waals surface area contributed by atoms with Gasteiger partial charge in [-0.05, 0) is 60.7 Å². The number of rotatable bonds is 3. The molecule has 0 saturated heterocycles. The molecule has 0 bridgehead atoms. The molecule has 0 amide bonds. The van der Waals surface area contributed by atoms with Crippen molar-refractivity contribution in [3.63, 3.8) is 0 Å². The molecule has 0 unspecified atom stereocenters. The van der Waals surface area contributed by atoms with Gasteiger partial charge >= 0.3 is 0 Å². The zero-order valence-corrected chi connectivity index (χ0v) is 14.6. The molecule has 5 rings (SSSR count). The van der Waals surface area contributed by atoms with E-state index in [0.717, 1.165) is 29.5 Å². The molecule has 7 heteroatoms. The minimum atomic E-state index is -0.557. The molecule has 1 atom stereocenters. The van der Waals surface area contributed by atoms with Crippen LogP contribution < -0.4 is 15.2 Å². The molecule has 1 aromatic heterocycles. The number of aryl methyl sites for hydroxylation is 1. The summed E-state index contributed by atoms with van der Waals surface area (Å²) in [5, 5.41) is 17.9. The number of aliphatic hydroxyl groups excluding tert-OH is 1. The van der Waals surface area contributed by atoms with E-state index in [0.29, 0.717) is 29.7 Å².